The van der Waals surface area contributed by atoms with Gasteiger partial charge in [0.25, 0.3) is 0 Å². The highest BCUT2D eigenvalue weighted by atomic mass is 19.1. The molecule has 17 heavy (non-hydrogen) atoms. The lowest BCUT2D eigenvalue weighted by Gasteiger charge is -2.22. The summed E-state index contributed by atoms with van der Waals surface area (Å²) < 4.78 is 12.8. The number of carbonyl (C=O) groups is 1. The van der Waals surface area contributed by atoms with Crippen LogP contribution < -0.4 is 16.4 Å². The minimum atomic E-state index is -0.406. The minimum Gasteiger partial charge on any atom is -0.397 e. The van der Waals surface area contributed by atoms with Crippen LogP contribution in [0.2, 0.25) is 0 Å². The van der Waals surface area contributed by atoms with Crippen molar-refractivity contribution >= 4 is 17.3 Å². The molecule has 0 aromatic heterocycles. The molecule has 1 aromatic carbocycles. The molecule has 5 heteroatoms. The van der Waals surface area contributed by atoms with Crippen LogP contribution in [0.4, 0.5) is 15.8 Å². The highest BCUT2D eigenvalue weighted by Gasteiger charge is 2.20. The second-order valence-electron chi connectivity index (χ2n) is 4.22. The van der Waals surface area contributed by atoms with Gasteiger partial charge in [-0.1, -0.05) is 6.42 Å². The van der Waals surface area contributed by atoms with E-state index in [1.54, 1.807) is 0 Å². The second-order valence-corrected chi connectivity index (χ2v) is 4.22. The number of halogens is 1. The summed E-state index contributed by atoms with van der Waals surface area (Å²) in [7, 11) is 0. The molecule has 4 N–H and O–H groups in total. The van der Waals surface area contributed by atoms with Gasteiger partial charge in [-0.25, -0.2) is 4.39 Å². The standard InChI is InChI=1S/C12H16FN3O/c13-8-4-5-10(9(14)7-8)16-12(17)11-3-1-2-6-15-11/h4-5,7,11,15H,1-3,6,14H2,(H,16,17). The number of amides is 1. The van der Waals surface area contributed by atoms with Gasteiger partial charge >= 0.3 is 0 Å². The topological polar surface area (TPSA) is 67.1 Å². The molecule has 1 heterocycles. The van der Waals surface area contributed by atoms with Crippen molar-refractivity contribution in [3.05, 3.63) is 24.0 Å². The molecule has 2 rings (SSSR count). The summed E-state index contributed by atoms with van der Waals surface area (Å²) in [4.78, 5) is 11.9. The number of carbonyl (C=O) groups excluding carboxylic acids is 1. The van der Waals surface area contributed by atoms with Crippen LogP contribution in [0, 0.1) is 5.82 Å². The third-order valence-electron chi connectivity index (χ3n) is 2.90. The van der Waals surface area contributed by atoms with E-state index in [0.717, 1.165) is 25.8 Å². The maximum atomic E-state index is 12.8. The highest BCUT2D eigenvalue weighted by Crippen LogP contribution is 2.20. The number of benzene rings is 1. The van der Waals surface area contributed by atoms with E-state index in [2.05, 4.69) is 10.6 Å². The van der Waals surface area contributed by atoms with Crippen LogP contribution in [0.25, 0.3) is 0 Å². The molecule has 1 aromatic rings. The largest absolute Gasteiger partial charge is 0.397 e. The van der Waals surface area contributed by atoms with Gasteiger partial charge < -0.3 is 16.4 Å². The number of nitrogen functional groups attached to an aromatic ring is 1. The van der Waals surface area contributed by atoms with Crippen molar-refractivity contribution in [3.8, 4) is 0 Å². The van der Waals surface area contributed by atoms with Gasteiger partial charge in [0.15, 0.2) is 0 Å². The van der Waals surface area contributed by atoms with E-state index in [1.807, 2.05) is 0 Å². The molecular formula is C12H16FN3O. The van der Waals surface area contributed by atoms with Gasteiger partial charge in [0.1, 0.15) is 5.82 Å². The molecule has 1 atom stereocenters. The Balaban J connectivity index is 2.02. The zero-order chi connectivity index (χ0) is 12.3. The lowest BCUT2D eigenvalue weighted by molar-refractivity contribution is -0.118. The van der Waals surface area contributed by atoms with Crippen LogP contribution in [0.1, 0.15) is 19.3 Å². The van der Waals surface area contributed by atoms with Crippen LogP contribution in [0.3, 0.4) is 0 Å². The molecule has 0 bridgehead atoms. The Kier molecular flexibility index (Phi) is 3.58. The molecule has 92 valence electrons. The molecule has 0 radical (unpaired) electrons. The fraction of sp³-hybridized carbons (Fsp3) is 0.417. The number of piperidine rings is 1. The van der Waals surface area contributed by atoms with E-state index in [4.69, 9.17) is 5.73 Å². The van der Waals surface area contributed by atoms with Crippen molar-refractivity contribution in [1.29, 1.82) is 0 Å². The Hall–Kier alpha value is -1.62. The van der Waals surface area contributed by atoms with Gasteiger partial charge in [-0.15, -0.1) is 0 Å². The fourth-order valence-corrected chi connectivity index (χ4v) is 1.94. The summed E-state index contributed by atoms with van der Waals surface area (Å²) >= 11 is 0. The van der Waals surface area contributed by atoms with Crippen molar-refractivity contribution in [2.75, 3.05) is 17.6 Å². The van der Waals surface area contributed by atoms with Gasteiger partial charge in [-0.3, -0.25) is 4.79 Å². The Morgan fingerprint density at radius 2 is 2.29 bits per heavy atom. The highest BCUT2D eigenvalue weighted by molar-refractivity contribution is 5.97. The van der Waals surface area contributed by atoms with Crippen molar-refractivity contribution in [1.82, 2.24) is 5.32 Å². The molecule has 1 unspecified atom stereocenters. The minimum absolute atomic E-state index is 0.108. The smallest absolute Gasteiger partial charge is 0.241 e. The Bertz CT molecular complexity index is 416. The Morgan fingerprint density at radius 1 is 1.47 bits per heavy atom. The zero-order valence-electron chi connectivity index (χ0n) is 9.50. The van der Waals surface area contributed by atoms with Crippen LogP contribution in [0.15, 0.2) is 18.2 Å². The quantitative estimate of drug-likeness (QED) is 0.683. The summed E-state index contributed by atoms with van der Waals surface area (Å²) in [5.41, 5.74) is 6.33. The van der Waals surface area contributed by atoms with E-state index in [1.165, 1.54) is 18.2 Å². The van der Waals surface area contributed by atoms with Gasteiger partial charge in [0.05, 0.1) is 17.4 Å². The van der Waals surface area contributed by atoms with Gasteiger partial charge in [0.2, 0.25) is 5.91 Å². The average Bonchev–Trinajstić information content (AvgIpc) is 2.34. The van der Waals surface area contributed by atoms with Crippen molar-refractivity contribution < 1.29 is 9.18 Å². The molecule has 0 saturated carbocycles. The Labute approximate surface area is 99.4 Å². The molecular weight excluding hydrogens is 221 g/mol. The predicted molar refractivity (Wildman–Crippen MR) is 65.1 cm³/mol. The van der Waals surface area contributed by atoms with Crippen LogP contribution in [-0.4, -0.2) is 18.5 Å². The third-order valence-corrected chi connectivity index (χ3v) is 2.90. The monoisotopic (exact) mass is 237 g/mol. The SMILES string of the molecule is Nc1cc(F)ccc1NC(=O)C1CCCCN1. The number of anilines is 2. The van der Waals surface area contributed by atoms with Crippen LogP contribution in [-0.2, 0) is 4.79 Å². The van der Waals surface area contributed by atoms with Gasteiger partial charge in [-0.05, 0) is 37.6 Å². The van der Waals surface area contributed by atoms with E-state index in [-0.39, 0.29) is 17.6 Å². The van der Waals surface area contributed by atoms with Gasteiger partial charge in [-0.2, -0.15) is 0 Å². The summed E-state index contributed by atoms with van der Waals surface area (Å²) in [5, 5.41) is 5.86. The third kappa shape index (κ3) is 2.94. The van der Waals surface area contributed by atoms with E-state index < -0.39 is 5.82 Å². The molecule has 1 amide bonds. The molecule has 0 spiro atoms. The van der Waals surface area contributed by atoms with Crippen molar-refractivity contribution in [2.45, 2.75) is 25.3 Å². The zero-order valence-corrected chi connectivity index (χ0v) is 9.50. The lowest BCUT2D eigenvalue weighted by atomic mass is 10.0. The maximum Gasteiger partial charge on any atom is 0.241 e. The van der Waals surface area contributed by atoms with Crippen molar-refractivity contribution in [2.24, 2.45) is 0 Å². The van der Waals surface area contributed by atoms with E-state index in [0.29, 0.717) is 5.69 Å². The molecule has 1 aliphatic heterocycles. The van der Waals surface area contributed by atoms with Crippen LogP contribution in [0.5, 0.6) is 0 Å². The summed E-state index contributed by atoms with van der Waals surface area (Å²) in [6, 6.07) is 3.78. The molecule has 0 aliphatic carbocycles. The first-order chi connectivity index (χ1) is 8.16. The van der Waals surface area contributed by atoms with E-state index >= 15 is 0 Å². The normalized spacial score (nSPS) is 19.9. The van der Waals surface area contributed by atoms with Crippen LogP contribution >= 0.6 is 0 Å². The average molecular weight is 237 g/mol. The molecule has 1 aliphatic rings. The first-order valence-electron chi connectivity index (χ1n) is 5.76. The summed E-state index contributed by atoms with van der Waals surface area (Å²) in [5.74, 6) is -0.515. The lowest BCUT2D eigenvalue weighted by Crippen LogP contribution is -2.43. The molecule has 4 nitrogen and oxygen atoms in total. The first kappa shape index (κ1) is 11.9. The summed E-state index contributed by atoms with van der Waals surface area (Å²) in [6.07, 6.45) is 2.97. The van der Waals surface area contributed by atoms with E-state index in [9.17, 15) is 9.18 Å². The first-order valence-corrected chi connectivity index (χ1v) is 5.76. The number of hydrogen-bond donors (Lipinski definition) is 3. The second kappa shape index (κ2) is 5.14. The fourth-order valence-electron chi connectivity index (χ4n) is 1.94. The number of nitrogens with two attached hydrogens (primary N) is 1. The summed E-state index contributed by atoms with van der Waals surface area (Å²) in [6.45, 7) is 0.858. The Morgan fingerprint density at radius 3 is 2.94 bits per heavy atom. The molecule has 1 saturated heterocycles. The number of hydrogen-bond acceptors (Lipinski definition) is 3. The predicted octanol–water partition coefficient (Wildman–Crippen LogP) is 1.49. The maximum absolute atomic E-state index is 12.8. The number of rotatable bonds is 2. The van der Waals surface area contributed by atoms with Crippen molar-refractivity contribution in [3.63, 3.8) is 0 Å². The number of nitrogens with one attached hydrogen (secondary N) is 2. The van der Waals surface area contributed by atoms with Gasteiger partial charge in [0, 0.05) is 0 Å². The molecule has 1 fully saturated rings.